The van der Waals surface area contributed by atoms with Crippen molar-refractivity contribution in [3.05, 3.63) is 65.7 Å². The van der Waals surface area contributed by atoms with Crippen LogP contribution >= 0.6 is 0 Å². The minimum Gasteiger partial charge on any atom is -0.350 e. The summed E-state index contributed by atoms with van der Waals surface area (Å²) in [7, 11) is 0. The van der Waals surface area contributed by atoms with Gasteiger partial charge >= 0.3 is 6.03 Å². The third-order valence-corrected chi connectivity index (χ3v) is 4.62. The predicted octanol–water partition coefficient (Wildman–Crippen LogP) is 4.90. The van der Waals surface area contributed by atoms with Crippen molar-refractivity contribution in [2.75, 3.05) is 18.4 Å². The Kier molecular flexibility index (Phi) is 8.53. The maximum atomic E-state index is 12.7. The van der Waals surface area contributed by atoms with Crippen LogP contribution in [0.15, 0.2) is 54.6 Å². The van der Waals surface area contributed by atoms with Gasteiger partial charge in [-0.2, -0.15) is 0 Å². The number of nitrogens with one attached hydrogen (secondary N) is 2. The molecule has 0 saturated carbocycles. The van der Waals surface area contributed by atoms with Gasteiger partial charge in [0.15, 0.2) is 0 Å². The molecule has 0 aliphatic heterocycles. The number of amides is 3. The monoisotopic (exact) mass is 381 g/mol. The molecule has 2 N–H and O–H groups in total. The van der Waals surface area contributed by atoms with Gasteiger partial charge in [-0.15, -0.1) is 0 Å². The summed E-state index contributed by atoms with van der Waals surface area (Å²) >= 11 is 0. The third-order valence-electron chi connectivity index (χ3n) is 4.62. The van der Waals surface area contributed by atoms with Gasteiger partial charge < -0.3 is 15.5 Å². The van der Waals surface area contributed by atoms with Gasteiger partial charge in [-0.25, -0.2) is 4.79 Å². The van der Waals surface area contributed by atoms with E-state index >= 15 is 0 Å². The van der Waals surface area contributed by atoms with Crippen LogP contribution in [0.5, 0.6) is 0 Å². The maximum Gasteiger partial charge on any atom is 0.321 e. The quantitative estimate of drug-likeness (QED) is 0.649. The lowest BCUT2D eigenvalue weighted by atomic mass is 10.1. The first-order valence-corrected chi connectivity index (χ1v) is 9.96. The molecule has 0 radical (unpaired) electrons. The summed E-state index contributed by atoms with van der Waals surface area (Å²) in [5.41, 5.74) is 2.93. The standard InChI is InChI=1S/C23H31N3O2/c1-4-5-15-26(23(28)25-21-13-9-10-18(2)17-21)16-14-22(27)24-19(3)20-11-7-6-8-12-20/h6-13,17,19H,4-5,14-16H2,1-3H3,(H,24,27)(H,25,28). The van der Waals surface area contributed by atoms with Crippen LogP contribution in [0, 0.1) is 6.92 Å². The Morgan fingerprint density at radius 3 is 2.46 bits per heavy atom. The Morgan fingerprint density at radius 2 is 1.79 bits per heavy atom. The molecule has 2 aromatic carbocycles. The highest BCUT2D eigenvalue weighted by molar-refractivity contribution is 5.89. The van der Waals surface area contributed by atoms with E-state index in [2.05, 4.69) is 17.6 Å². The van der Waals surface area contributed by atoms with Crippen molar-refractivity contribution in [3.8, 4) is 0 Å². The minimum absolute atomic E-state index is 0.0544. The lowest BCUT2D eigenvalue weighted by molar-refractivity contribution is -0.121. The number of unbranched alkanes of at least 4 members (excludes halogenated alkanes) is 1. The van der Waals surface area contributed by atoms with Crippen LogP contribution < -0.4 is 10.6 Å². The Bertz CT molecular complexity index is 761. The molecule has 0 fully saturated rings. The molecule has 0 heterocycles. The number of hydrogen-bond donors (Lipinski definition) is 2. The van der Waals surface area contributed by atoms with Crippen molar-refractivity contribution in [3.63, 3.8) is 0 Å². The zero-order valence-electron chi connectivity index (χ0n) is 17.1. The highest BCUT2D eigenvalue weighted by Crippen LogP contribution is 2.13. The van der Waals surface area contributed by atoms with Gasteiger partial charge in [0.25, 0.3) is 0 Å². The average molecular weight is 382 g/mol. The Labute approximate surface area is 168 Å². The highest BCUT2D eigenvalue weighted by Gasteiger charge is 2.16. The first-order chi connectivity index (χ1) is 13.5. The van der Waals surface area contributed by atoms with E-state index in [9.17, 15) is 9.59 Å². The number of carbonyl (C=O) groups is 2. The number of nitrogens with zero attached hydrogens (tertiary/aromatic N) is 1. The summed E-state index contributed by atoms with van der Waals surface area (Å²) < 4.78 is 0. The second-order valence-electron chi connectivity index (χ2n) is 7.09. The molecular weight excluding hydrogens is 350 g/mol. The molecule has 0 bridgehead atoms. The number of rotatable bonds is 9. The SMILES string of the molecule is CCCCN(CCC(=O)NC(C)c1ccccc1)C(=O)Nc1cccc(C)c1. The molecule has 0 aromatic heterocycles. The van der Waals surface area contributed by atoms with Gasteiger partial charge in [-0.3, -0.25) is 4.79 Å². The highest BCUT2D eigenvalue weighted by atomic mass is 16.2. The van der Waals surface area contributed by atoms with E-state index in [1.807, 2.05) is 68.4 Å². The summed E-state index contributed by atoms with van der Waals surface area (Å²) in [5, 5.41) is 5.94. The fourth-order valence-electron chi connectivity index (χ4n) is 2.96. The zero-order valence-corrected chi connectivity index (χ0v) is 17.1. The van der Waals surface area contributed by atoms with E-state index in [1.165, 1.54) is 0 Å². The fraction of sp³-hybridized carbons (Fsp3) is 0.391. The number of aryl methyl sites for hydroxylation is 1. The molecular formula is C23H31N3O2. The molecule has 1 atom stereocenters. The molecule has 2 rings (SSSR count). The molecule has 5 heteroatoms. The average Bonchev–Trinajstić information content (AvgIpc) is 2.68. The molecule has 28 heavy (non-hydrogen) atoms. The Morgan fingerprint density at radius 1 is 1.04 bits per heavy atom. The van der Waals surface area contributed by atoms with Gasteiger partial charge in [0.1, 0.15) is 0 Å². The van der Waals surface area contributed by atoms with E-state index in [4.69, 9.17) is 0 Å². The van der Waals surface area contributed by atoms with Gasteiger partial charge in [0, 0.05) is 25.2 Å². The molecule has 1 unspecified atom stereocenters. The molecule has 0 aliphatic carbocycles. The fourth-order valence-corrected chi connectivity index (χ4v) is 2.96. The van der Waals surface area contributed by atoms with E-state index in [0.29, 0.717) is 13.1 Å². The van der Waals surface area contributed by atoms with Crippen LogP contribution in [0.25, 0.3) is 0 Å². The lowest BCUT2D eigenvalue weighted by Gasteiger charge is -2.23. The summed E-state index contributed by atoms with van der Waals surface area (Å²) in [6.07, 6.45) is 2.18. The summed E-state index contributed by atoms with van der Waals surface area (Å²) in [6, 6.07) is 17.4. The van der Waals surface area contributed by atoms with E-state index in [1.54, 1.807) is 4.90 Å². The minimum atomic E-state index is -0.164. The van der Waals surface area contributed by atoms with Crippen molar-refractivity contribution < 1.29 is 9.59 Å². The summed E-state index contributed by atoms with van der Waals surface area (Å²) in [4.78, 5) is 26.8. The van der Waals surface area contributed by atoms with Crippen LogP contribution in [0.4, 0.5) is 10.5 Å². The maximum absolute atomic E-state index is 12.7. The van der Waals surface area contributed by atoms with Gasteiger partial charge in [-0.1, -0.05) is 55.8 Å². The largest absolute Gasteiger partial charge is 0.350 e. The number of urea groups is 1. The molecule has 0 aliphatic rings. The van der Waals surface area contributed by atoms with Crippen molar-refractivity contribution in [1.82, 2.24) is 10.2 Å². The summed E-state index contributed by atoms with van der Waals surface area (Å²) in [6.45, 7) is 7.07. The Balaban J connectivity index is 1.89. The van der Waals surface area contributed by atoms with Gasteiger partial charge in [0.2, 0.25) is 5.91 Å². The van der Waals surface area contributed by atoms with Crippen molar-refractivity contribution in [2.24, 2.45) is 0 Å². The molecule has 5 nitrogen and oxygen atoms in total. The number of carbonyl (C=O) groups excluding carboxylic acids is 2. The van der Waals surface area contributed by atoms with Crippen LogP contribution in [-0.2, 0) is 4.79 Å². The second-order valence-corrected chi connectivity index (χ2v) is 7.09. The zero-order chi connectivity index (χ0) is 20.4. The molecule has 3 amide bonds. The van der Waals surface area contributed by atoms with Crippen LogP contribution in [0.2, 0.25) is 0 Å². The first-order valence-electron chi connectivity index (χ1n) is 9.96. The van der Waals surface area contributed by atoms with Crippen LogP contribution in [-0.4, -0.2) is 29.9 Å². The molecule has 0 saturated heterocycles. The second kappa shape index (κ2) is 11.1. The molecule has 0 spiro atoms. The first kappa shape index (κ1) is 21.5. The normalized spacial score (nSPS) is 11.5. The van der Waals surface area contributed by atoms with Crippen LogP contribution in [0.3, 0.4) is 0 Å². The molecule has 2 aromatic rings. The van der Waals surface area contributed by atoms with E-state index in [-0.39, 0.29) is 24.4 Å². The van der Waals surface area contributed by atoms with E-state index in [0.717, 1.165) is 29.7 Å². The van der Waals surface area contributed by atoms with E-state index < -0.39 is 0 Å². The number of anilines is 1. The predicted molar refractivity (Wildman–Crippen MR) is 114 cm³/mol. The Hall–Kier alpha value is -2.82. The smallest absolute Gasteiger partial charge is 0.321 e. The van der Waals surface area contributed by atoms with Gasteiger partial charge in [-0.05, 0) is 43.5 Å². The third kappa shape index (κ3) is 7.06. The summed E-state index contributed by atoms with van der Waals surface area (Å²) in [5.74, 6) is -0.0544. The molecule has 150 valence electrons. The topological polar surface area (TPSA) is 61.4 Å². The van der Waals surface area contributed by atoms with Crippen LogP contribution in [0.1, 0.15) is 50.3 Å². The van der Waals surface area contributed by atoms with Crippen molar-refractivity contribution >= 4 is 17.6 Å². The van der Waals surface area contributed by atoms with Crippen molar-refractivity contribution in [1.29, 1.82) is 0 Å². The van der Waals surface area contributed by atoms with Crippen molar-refractivity contribution in [2.45, 2.75) is 46.1 Å². The lowest BCUT2D eigenvalue weighted by Crippen LogP contribution is -2.39. The number of hydrogen-bond acceptors (Lipinski definition) is 2. The number of benzene rings is 2. The van der Waals surface area contributed by atoms with Gasteiger partial charge in [0.05, 0.1) is 6.04 Å².